The van der Waals surface area contributed by atoms with Gasteiger partial charge in [-0.25, -0.2) is 22.2 Å². The zero-order valence-corrected chi connectivity index (χ0v) is 24.5. The lowest BCUT2D eigenvalue weighted by Crippen LogP contribution is -2.30. The zero-order valence-electron chi connectivity index (χ0n) is 20.6. The van der Waals surface area contributed by atoms with E-state index in [-0.39, 0.29) is 32.2 Å². The number of fused-ring (bicyclic) bond motifs is 1. The molecule has 1 saturated carbocycles. The lowest BCUT2D eigenvalue weighted by molar-refractivity contribution is 0.0964. The van der Waals surface area contributed by atoms with Crippen molar-refractivity contribution < 1.29 is 26.8 Å². The molecule has 1 aliphatic carbocycles. The highest BCUT2D eigenvalue weighted by atomic mass is 79.9. The van der Waals surface area contributed by atoms with E-state index in [4.69, 9.17) is 23.2 Å². The molecule has 0 unspecified atom stereocenters. The summed E-state index contributed by atoms with van der Waals surface area (Å²) in [5, 5.41) is -0.490. The van der Waals surface area contributed by atoms with Crippen LogP contribution < -0.4 is 4.72 Å². The summed E-state index contributed by atoms with van der Waals surface area (Å²) in [6.07, 6.45) is 5.71. The van der Waals surface area contributed by atoms with E-state index in [9.17, 15) is 22.4 Å². The fourth-order valence-corrected chi connectivity index (χ4v) is 7.30. The van der Waals surface area contributed by atoms with Gasteiger partial charge in [-0.15, -0.1) is 0 Å². The summed E-state index contributed by atoms with van der Waals surface area (Å²) in [5.41, 5.74) is -1.81. The number of hydrogen-bond donors (Lipinski definition) is 1. The third-order valence-electron chi connectivity index (χ3n) is 6.81. The van der Waals surface area contributed by atoms with Crippen molar-refractivity contribution in [1.29, 1.82) is 0 Å². The van der Waals surface area contributed by atoms with E-state index >= 15 is 4.39 Å². The first-order valence-electron chi connectivity index (χ1n) is 12.2. The first-order valence-corrected chi connectivity index (χ1v) is 15.3. The third-order valence-corrected chi connectivity index (χ3v) is 9.73. The average Bonchev–Trinajstić information content (AvgIpc) is 3.29. The van der Waals surface area contributed by atoms with E-state index in [1.807, 2.05) is 0 Å². The lowest BCUT2D eigenvalue weighted by Gasteiger charge is -2.22. The second kappa shape index (κ2) is 11.2. The Hall–Kier alpha value is -2.86. The van der Waals surface area contributed by atoms with Crippen LogP contribution in [0, 0.1) is 11.6 Å². The number of pyridine rings is 1. The number of halogens is 5. The van der Waals surface area contributed by atoms with Gasteiger partial charge in [0.2, 0.25) is 15.8 Å². The Labute approximate surface area is 246 Å². The molecule has 0 spiro atoms. The molecule has 40 heavy (non-hydrogen) atoms. The number of hydrogen-bond acceptors (Lipinski definition) is 5. The van der Waals surface area contributed by atoms with Crippen LogP contribution in [-0.4, -0.2) is 34.9 Å². The fourth-order valence-electron chi connectivity index (χ4n) is 4.83. The van der Waals surface area contributed by atoms with Crippen molar-refractivity contribution in [3.05, 3.63) is 91.6 Å². The summed E-state index contributed by atoms with van der Waals surface area (Å²) >= 11 is 15.7. The molecular formula is C27H20BrCl2F2N3O4S. The number of nitrogens with one attached hydrogen (secondary N) is 1. The molecule has 1 N–H and O–H groups in total. The summed E-state index contributed by atoms with van der Waals surface area (Å²) in [7, 11) is -3.98. The molecule has 1 aliphatic rings. The maximum atomic E-state index is 15.7. The maximum Gasteiger partial charge on any atom is 0.266 e. The molecule has 0 radical (unpaired) electrons. The molecule has 7 nitrogen and oxygen atoms in total. The highest BCUT2D eigenvalue weighted by Gasteiger charge is 2.31. The van der Waals surface area contributed by atoms with Gasteiger partial charge in [0.1, 0.15) is 11.5 Å². The Morgan fingerprint density at radius 1 is 1.02 bits per heavy atom. The van der Waals surface area contributed by atoms with E-state index in [2.05, 4.69) is 25.6 Å². The van der Waals surface area contributed by atoms with Crippen LogP contribution in [0.4, 0.5) is 14.5 Å². The Balaban J connectivity index is 1.60. The van der Waals surface area contributed by atoms with Gasteiger partial charge in [0.25, 0.3) is 5.91 Å². The van der Waals surface area contributed by atoms with Crippen LogP contribution in [0.15, 0.2) is 53.3 Å². The van der Waals surface area contributed by atoms with Crippen LogP contribution in [0.1, 0.15) is 58.4 Å². The van der Waals surface area contributed by atoms with Crippen LogP contribution >= 0.6 is 39.1 Å². The first-order chi connectivity index (χ1) is 19.0. The molecule has 0 aliphatic heterocycles. The second-order valence-electron chi connectivity index (χ2n) is 9.36. The number of aromatic nitrogens is 2. The van der Waals surface area contributed by atoms with Gasteiger partial charge in [-0.1, -0.05) is 48.5 Å². The molecule has 0 bridgehead atoms. The second-order valence-corrected chi connectivity index (χ2v) is 13.1. The van der Waals surface area contributed by atoms with Crippen molar-refractivity contribution in [2.75, 3.05) is 4.72 Å². The molecule has 2 aromatic carbocycles. The predicted octanol–water partition coefficient (Wildman–Crippen LogP) is 7.38. The molecule has 4 aromatic rings. The van der Waals surface area contributed by atoms with Crippen molar-refractivity contribution in [3.8, 4) is 0 Å². The zero-order chi connectivity index (χ0) is 28.8. The minimum Gasteiger partial charge on any atom is -0.288 e. The van der Waals surface area contributed by atoms with E-state index in [0.717, 1.165) is 42.2 Å². The van der Waals surface area contributed by atoms with Gasteiger partial charge in [0, 0.05) is 22.3 Å². The number of carbonyl (C=O) groups is 2. The molecule has 5 rings (SSSR count). The number of anilines is 1. The predicted molar refractivity (Wildman–Crippen MR) is 153 cm³/mol. The smallest absolute Gasteiger partial charge is 0.266 e. The summed E-state index contributed by atoms with van der Waals surface area (Å²) in [6, 6.07) is 7.71. The SMILES string of the molecule is O=C(c1c(F)ccc(NS(=O)(=O)C2CCCCC2)c1F)c1cn(C(=O)c2c(Cl)cccc2Cl)c2ncc(Br)cc12. The lowest BCUT2D eigenvalue weighted by atomic mass is 10.0. The molecule has 2 aromatic heterocycles. The highest BCUT2D eigenvalue weighted by molar-refractivity contribution is 9.10. The molecule has 0 saturated heterocycles. The van der Waals surface area contributed by atoms with Crippen LogP contribution in [0.3, 0.4) is 0 Å². The third kappa shape index (κ3) is 5.27. The van der Waals surface area contributed by atoms with Gasteiger partial charge < -0.3 is 0 Å². The number of rotatable bonds is 6. The highest BCUT2D eigenvalue weighted by Crippen LogP contribution is 2.33. The van der Waals surface area contributed by atoms with E-state index in [0.29, 0.717) is 17.3 Å². The quantitative estimate of drug-likeness (QED) is 0.216. The Bertz CT molecular complexity index is 1770. The Morgan fingerprint density at radius 3 is 2.38 bits per heavy atom. The number of ketones is 1. The van der Waals surface area contributed by atoms with E-state index in [1.54, 1.807) is 6.07 Å². The average molecular weight is 671 g/mol. The monoisotopic (exact) mass is 669 g/mol. The summed E-state index contributed by atoms with van der Waals surface area (Å²) in [6.45, 7) is 0. The van der Waals surface area contributed by atoms with Gasteiger partial charge >= 0.3 is 0 Å². The summed E-state index contributed by atoms with van der Waals surface area (Å²) in [4.78, 5) is 31.3. The maximum absolute atomic E-state index is 15.7. The molecular weight excluding hydrogens is 651 g/mol. The van der Waals surface area contributed by atoms with Gasteiger partial charge in [0.05, 0.1) is 37.7 Å². The number of benzene rings is 2. The molecule has 1 fully saturated rings. The summed E-state index contributed by atoms with van der Waals surface area (Å²) < 4.78 is 60.1. The topological polar surface area (TPSA) is 98.1 Å². The molecule has 0 atom stereocenters. The molecule has 13 heteroatoms. The summed E-state index contributed by atoms with van der Waals surface area (Å²) in [5.74, 6) is -4.40. The van der Waals surface area contributed by atoms with Crippen LogP contribution in [0.25, 0.3) is 11.0 Å². The minimum absolute atomic E-state index is 0.0162. The van der Waals surface area contributed by atoms with Crippen LogP contribution in [0.2, 0.25) is 10.0 Å². The standard InChI is InChI=1S/C27H20BrCl2F2N3O4S/c28-14-11-16-17(13-35(26(16)33-12-14)27(37)22-18(29)7-4-8-19(22)30)25(36)23-20(31)9-10-21(24(23)32)34-40(38,39)15-5-2-1-3-6-15/h4,7-13,15,34H,1-3,5-6H2. The number of nitrogens with zero attached hydrogens (tertiary/aromatic N) is 2. The molecule has 0 amide bonds. The first kappa shape index (κ1) is 28.7. The van der Waals surface area contributed by atoms with Crippen molar-refractivity contribution in [2.24, 2.45) is 0 Å². The van der Waals surface area contributed by atoms with Gasteiger partial charge in [-0.05, 0) is 59.1 Å². The largest absolute Gasteiger partial charge is 0.288 e. The number of carbonyl (C=O) groups excluding carboxylic acids is 2. The van der Waals surface area contributed by atoms with E-state index in [1.165, 1.54) is 24.4 Å². The van der Waals surface area contributed by atoms with Gasteiger partial charge in [-0.2, -0.15) is 0 Å². The fraction of sp³-hybridized carbons (Fsp3) is 0.222. The van der Waals surface area contributed by atoms with Crippen molar-refractivity contribution in [2.45, 2.75) is 37.4 Å². The normalized spacial score (nSPS) is 14.4. The number of sulfonamides is 1. The van der Waals surface area contributed by atoms with Gasteiger partial charge in [0.15, 0.2) is 5.82 Å². The molecule has 2 heterocycles. The minimum atomic E-state index is -3.98. The van der Waals surface area contributed by atoms with Gasteiger partial charge in [-0.3, -0.25) is 18.9 Å². The van der Waals surface area contributed by atoms with Crippen molar-refractivity contribution in [3.63, 3.8) is 0 Å². The Kier molecular flexibility index (Phi) is 8.02. The van der Waals surface area contributed by atoms with Crippen LogP contribution in [-0.2, 0) is 10.0 Å². The van der Waals surface area contributed by atoms with Crippen molar-refractivity contribution in [1.82, 2.24) is 9.55 Å². The van der Waals surface area contributed by atoms with Crippen LogP contribution in [0.5, 0.6) is 0 Å². The Morgan fingerprint density at radius 2 is 1.70 bits per heavy atom. The van der Waals surface area contributed by atoms with Crippen molar-refractivity contribution >= 4 is 77.6 Å². The molecule has 208 valence electrons. The van der Waals surface area contributed by atoms with E-state index < -0.39 is 49.8 Å².